The molecule has 0 saturated heterocycles. The molecule has 1 amide bonds. The van der Waals surface area contributed by atoms with Crippen LogP contribution in [0.2, 0.25) is 0 Å². The molecule has 1 aliphatic heterocycles. The number of alkyl halides is 3. The zero-order valence-corrected chi connectivity index (χ0v) is 29.2. The number of amides is 1. The number of halogens is 3. The molecule has 0 atom stereocenters. The van der Waals surface area contributed by atoms with Gasteiger partial charge in [0.2, 0.25) is 5.95 Å². The number of carboxylic acids is 1. The maximum Gasteiger partial charge on any atom is 0.421 e. The average molecular weight is 720 g/mol. The number of rotatable bonds is 14. The summed E-state index contributed by atoms with van der Waals surface area (Å²) in [6, 6.07) is 8.30. The van der Waals surface area contributed by atoms with Crippen molar-refractivity contribution in [3.05, 3.63) is 64.3 Å². The summed E-state index contributed by atoms with van der Waals surface area (Å²) in [5, 5.41) is 15.1. The normalized spacial score (nSPS) is 17.8. The van der Waals surface area contributed by atoms with Gasteiger partial charge in [0.1, 0.15) is 17.1 Å². The number of aromatic nitrogens is 2. The van der Waals surface area contributed by atoms with E-state index in [0.717, 1.165) is 5.56 Å². The third-order valence-corrected chi connectivity index (χ3v) is 10.8. The van der Waals surface area contributed by atoms with Gasteiger partial charge in [0.15, 0.2) is 0 Å². The third kappa shape index (κ3) is 8.22. The Labute approximate surface area is 288 Å². The van der Waals surface area contributed by atoms with Gasteiger partial charge in [-0.1, -0.05) is 12.1 Å². The molecule has 0 unspecified atom stereocenters. The quantitative estimate of drug-likeness (QED) is 0.139. The van der Waals surface area contributed by atoms with Crippen LogP contribution in [0, 0.1) is 5.92 Å². The lowest BCUT2D eigenvalue weighted by Gasteiger charge is -2.28. The van der Waals surface area contributed by atoms with Crippen molar-refractivity contribution in [2.75, 3.05) is 37.5 Å². The molecular weight excluding hydrogens is 678 g/mol. The maximum atomic E-state index is 14.3. The second-order valence-corrected chi connectivity index (χ2v) is 14.2. The van der Waals surface area contributed by atoms with Crippen LogP contribution >= 0.6 is 7.60 Å². The van der Waals surface area contributed by atoms with E-state index in [1.54, 1.807) is 58.2 Å². The molecule has 1 saturated carbocycles. The van der Waals surface area contributed by atoms with Crippen molar-refractivity contribution in [3.63, 3.8) is 0 Å². The van der Waals surface area contributed by atoms with E-state index in [2.05, 4.69) is 20.6 Å². The first kappa shape index (κ1) is 37.1. The van der Waals surface area contributed by atoms with Crippen LogP contribution in [0.3, 0.4) is 0 Å². The van der Waals surface area contributed by atoms with Crippen LogP contribution in [0.5, 0.6) is 5.75 Å². The zero-order chi connectivity index (χ0) is 36.2. The lowest BCUT2D eigenvalue weighted by atomic mass is 9.77. The van der Waals surface area contributed by atoms with Crippen molar-refractivity contribution < 1.29 is 46.2 Å². The number of hydrogen-bond donors (Lipinski definition) is 3. The van der Waals surface area contributed by atoms with Crippen molar-refractivity contribution in [2.45, 2.75) is 71.3 Å². The molecule has 5 rings (SSSR count). The number of carbonyl (C=O) groups is 2. The Morgan fingerprint density at radius 3 is 2.32 bits per heavy atom. The molecule has 1 fully saturated rings. The Kier molecular flexibility index (Phi) is 11.4. The fourth-order valence-electron chi connectivity index (χ4n) is 6.50. The van der Waals surface area contributed by atoms with Crippen molar-refractivity contribution in [1.82, 2.24) is 14.9 Å². The second kappa shape index (κ2) is 15.4. The first-order valence-electron chi connectivity index (χ1n) is 16.5. The molecule has 1 aromatic heterocycles. The molecule has 0 spiro atoms. The minimum Gasteiger partial charge on any atom is -0.492 e. The number of nitrogens with one attached hydrogen (secondary N) is 2. The van der Waals surface area contributed by atoms with Gasteiger partial charge < -0.3 is 34.4 Å². The molecular formula is C34H41F3N5O7P. The molecule has 1 aliphatic carbocycles. The van der Waals surface area contributed by atoms with Gasteiger partial charge in [0.05, 0.1) is 48.8 Å². The molecule has 50 heavy (non-hydrogen) atoms. The number of aliphatic carboxylic acids is 1. The largest absolute Gasteiger partial charge is 0.492 e. The van der Waals surface area contributed by atoms with Crippen molar-refractivity contribution in [1.29, 1.82) is 0 Å². The van der Waals surface area contributed by atoms with Gasteiger partial charge in [-0.25, -0.2) is 4.98 Å². The number of nitrogens with zero attached hydrogens (tertiary/aromatic N) is 3. The lowest BCUT2D eigenvalue weighted by Crippen LogP contribution is -2.21. The number of fused-ring (bicyclic) bond motifs is 1. The molecule has 3 N–H and O–H groups in total. The van der Waals surface area contributed by atoms with Gasteiger partial charge in [0, 0.05) is 19.8 Å². The average Bonchev–Trinajstić information content (AvgIpc) is 3.36. The predicted molar refractivity (Wildman–Crippen MR) is 180 cm³/mol. The fraction of sp³-hybridized carbons (Fsp3) is 0.471. The van der Waals surface area contributed by atoms with E-state index < -0.39 is 37.0 Å². The summed E-state index contributed by atoms with van der Waals surface area (Å²) in [6.45, 7) is 6.13. The summed E-state index contributed by atoms with van der Waals surface area (Å²) in [5.41, 5.74) is 1.86. The SMILES string of the molecule is CCOc1cc(CP(=O)(OCC)OCC)ccc1Nc1ncc(C(F)(F)F)c(Nc2ccc([C@H]3CC[C@@H](C(=O)O)CC3)c3c2C(=O)N(C)C3)n1. The number of benzene rings is 2. The second-order valence-electron chi connectivity index (χ2n) is 12.2. The van der Waals surface area contributed by atoms with Crippen LogP contribution in [-0.4, -0.2) is 58.7 Å². The Hall–Kier alpha value is -4.20. The Morgan fingerprint density at radius 2 is 1.70 bits per heavy atom. The summed E-state index contributed by atoms with van der Waals surface area (Å²) in [4.78, 5) is 34.5. The van der Waals surface area contributed by atoms with Crippen molar-refractivity contribution in [2.24, 2.45) is 5.92 Å². The van der Waals surface area contributed by atoms with Gasteiger partial charge >= 0.3 is 19.7 Å². The molecule has 2 heterocycles. The van der Waals surface area contributed by atoms with E-state index in [4.69, 9.17) is 13.8 Å². The molecule has 3 aromatic rings. The molecule has 0 radical (unpaired) electrons. The number of hydrogen-bond acceptors (Lipinski definition) is 10. The van der Waals surface area contributed by atoms with E-state index in [9.17, 15) is 32.4 Å². The predicted octanol–water partition coefficient (Wildman–Crippen LogP) is 8.09. The number of anilines is 4. The Morgan fingerprint density at radius 1 is 1.02 bits per heavy atom. The van der Waals surface area contributed by atoms with Crippen LogP contribution in [-0.2, 0) is 37.3 Å². The first-order chi connectivity index (χ1) is 23.8. The molecule has 0 bridgehead atoms. The molecule has 2 aliphatic rings. The topological polar surface area (TPSA) is 152 Å². The van der Waals surface area contributed by atoms with Gasteiger partial charge in [-0.2, -0.15) is 18.2 Å². The minimum absolute atomic E-state index is 0.0134. The van der Waals surface area contributed by atoms with E-state index in [1.165, 1.54) is 4.90 Å². The highest BCUT2D eigenvalue weighted by Gasteiger charge is 2.38. The number of carbonyl (C=O) groups excluding carboxylic acids is 1. The van der Waals surface area contributed by atoms with Crippen LogP contribution in [0.4, 0.5) is 36.3 Å². The standard InChI is InChI=1S/C34H41F3N5O7P/c1-5-47-28-16-20(19-50(46,48-6-2)49-7-3)8-14-26(28)40-33-38-17-25(34(35,36)37)30(41-33)39-27-15-13-23(24-18-42(4)31(43)29(24)27)21-9-11-22(12-10-21)32(44)45/h8,13-17,21-22H,5-7,9-12,18-19H2,1-4H3,(H,44,45)(H2,38,39,40,41)/t21-,22+. The van der Waals surface area contributed by atoms with Gasteiger partial charge in [-0.05, 0) is 87.3 Å². The van der Waals surface area contributed by atoms with Gasteiger partial charge in [-0.15, -0.1) is 0 Å². The van der Waals surface area contributed by atoms with Crippen molar-refractivity contribution in [3.8, 4) is 5.75 Å². The van der Waals surface area contributed by atoms with E-state index in [-0.39, 0.29) is 61.6 Å². The summed E-state index contributed by atoms with van der Waals surface area (Å²) in [5.74, 6) is -1.95. The molecule has 270 valence electrons. The highest BCUT2D eigenvalue weighted by molar-refractivity contribution is 7.53. The van der Waals surface area contributed by atoms with Crippen LogP contribution in [0.15, 0.2) is 36.5 Å². The third-order valence-electron chi connectivity index (χ3n) is 8.79. The van der Waals surface area contributed by atoms with Gasteiger partial charge in [0.25, 0.3) is 5.91 Å². The Bertz CT molecular complexity index is 1770. The molecule has 16 heteroatoms. The molecule has 12 nitrogen and oxygen atoms in total. The monoisotopic (exact) mass is 719 g/mol. The molecule has 2 aromatic carbocycles. The maximum absolute atomic E-state index is 14.3. The smallest absolute Gasteiger partial charge is 0.421 e. The summed E-state index contributed by atoms with van der Waals surface area (Å²) >= 11 is 0. The van der Waals surface area contributed by atoms with Crippen molar-refractivity contribution >= 4 is 42.6 Å². The Balaban J connectivity index is 1.46. The summed E-state index contributed by atoms with van der Waals surface area (Å²) in [6.07, 6.45) is -1.87. The zero-order valence-electron chi connectivity index (χ0n) is 28.3. The van der Waals surface area contributed by atoms with Gasteiger partial charge in [-0.3, -0.25) is 14.2 Å². The van der Waals surface area contributed by atoms with Crippen LogP contribution in [0.1, 0.15) is 85.0 Å². The van der Waals surface area contributed by atoms with E-state index in [1.807, 2.05) is 0 Å². The number of ether oxygens (including phenoxy) is 1. The summed E-state index contributed by atoms with van der Waals surface area (Å²) < 4.78 is 72.5. The summed E-state index contributed by atoms with van der Waals surface area (Å²) in [7, 11) is -1.80. The van der Waals surface area contributed by atoms with Crippen LogP contribution < -0.4 is 15.4 Å². The van der Waals surface area contributed by atoms with Crippen LogP contribution in [0.25, 0.3) is 0 Å². The number of carboxylic acid groups (broad SMARTS) is 1. The fourth-order valence-corrected chi connectivity index (χ4v) is 8.19. The highest BCUT2D eigenvalue weighted by Crippen LogP contribution is 2.52. The van der Waals surface area contributed by atoms with E-state index in [0.29, 0.717) is 54.4 Å². The first-order valence-corrected chi connectivity index (χ1v) is 18.3. The van der Waals surface area contributed by atoms with E-state index >= 15 is 0 Å². The highest BCUT2D eigenvalue weighted by atomic mass is 31.2. The minimum atomic E-state index is -4.82. The lowest BCUT2D eigenvalue weighted by molar-refractivity contribution is -0.143.